The summed E-state index contributed by atoms with van der Waals surface area (Å²) in [6, 6.07) is 0. The number of nitrogens with one attached hydrogen (secondary N) is 1. The summed E-state index contributed by atoms with van der Waals surface area (Å²) in [5, 5.41) is 12.2. The van der Waals surface area contributed by atoms with E-state index < -0.39 is 5.97 Å². The molecule has 0 radical (unpaired) electrons. The summed E-state index contributed by atoms with van der Waals surface area (Å²) in [4.78, 5) is 10.7. The van der Waals surface area contributed by atoms with Gasteiger partial charge in [-0.3, -0.25) is 4.79 Å². The first kappa shape index (κ1) is 11.8. The predicted octanol–water partition coefficient (Wildman–Crippen LogP) is 1.66. The van der Waals surface area contributed by atoms with Gasteiger partial charge in [-0.25, -0.2) is 0 Å². The fraction of sp³-hybridized carbons (Fsp3) is 0.900. The summed E-state index contributed by atoms with van der Waals surface area (Å²) in [6.45, 7) is 2.23. The van der Waals surface area contributed by atoms with Gasteiger partial charge >= 0.3 is 5.97 Å². The minimum Gasteiger partial charge on any atom is -0.481 e. The Bertz CT molecular complexity index is 204. The second-order valence-corrected chi connectivity index (χ2v) is 4.54. The van der Waals surface area contributed by atoms with Crippen LogP contribution in [0.25, 0.3) is 0 Å². The molecule has 1 aliphatic heterocycles. The molecule has 0 aromatic rings. The van der Waals surface area contributed by atoms with Gasteiger partial charge in [0.1, 0.15) is 0 Å². The van der Waals surface area contributed by atoms with Crippen molar-refractivity contribution in [3.8, 4) is 0 Å². The van der Waals surface area contributed by atoms with Crippen LogP contribution < -0.4 is 5.32 Å². The van der Waals surface area contributed by atoms with Crippen LogP contribution in [0.5, 0.6) is 0 Å². The lowest BCUT2D eigenvalue weighted by Gasteiger charge is -2.35. The Kier molecular flexibility index (Phi) is 3.78. The Labute approximate surface area is 90.7 Å². The molecule has 2 fully saturated rings. The standard InChI is InChI=1S/C10H17NO2.ClH/c12-9(13)8-1-3-10(4-2-8)5-6-11-7-10;/h8,11H,1-7H2,(H,12,13);1H. The van der Waals surface area contributed by atoms with E-state index >= 15 is 0 Å². The van der Waals surface area contributed by atoms with Crippen molar-refractivity contribution < 1.29 is 9.90 Å². The average molecular weight is 220 g/mol. The molecule has 2 rings (SSSR count). The third-order valence-corrected chi connectivity index (χ3v) is 3.73. The smallest absolute Gasteiger partial charge is 0.306 e. The summed E-state index contributed by atoms with van der Waals surface area (Å²) in [7, 11) is 0. The number of rotatable bonds is 1. The molecule has 2 aliphatic rings. The SMILES string of the molecule is Cl.O=C(O)C1CCC2(CCNC2)CC1. The zero-order valence-corrected chi connectivity index (χ0v) is 9.11. The molecule has 0 bridgehead atoms. The topological polar surface area (TPSA) is 49.3 Å². The third kappa shape index (κ3) is 2.20. The first-order valence-electron chi connectivity index (χ1n) is 5.15. The number of hydrogen-bond donors (Lipinski definition) is 2. The number of carbonyl (C=O) groups is 1. The molecule has 0 atom stereocenters. The van der Waals surface area contributed by atoms with Crippen molar-refractivity contribution in [3.05, 3.63) is 0 Å². The van der Waals surface area contributed by atoms with Crippen molar-refractivity contribution in [3.63, 3.8) is 0 Å². The summed E-state index contributed by atoms with van der Waals surface area (Å²) >= 11 is 0. The molecule has 1 saturated carbocycles. The molecule has 2 N–H and O–H groups in total. The second-order valence-electron chi connectivity index (χ2n) is 4.54. The normalized spacial score (nSPS) is 36.7. The van der Waals surface area contributed by atoms with Crippen LogP contribution in [0, 0.1) is 11.3 Å². The van der Waals surface area contributed by atoms with Gasteiger partial charge in [0.05, 0.1) is 5.92 Å². The first-order valence-corrected chi connectivity index (χ1v) is 5.15. The first-order chi connectivity index (χ1) is 6.22. The van der Waals surface area contributed by atoms with E-state index in [4.69, 9.17) is 5.11 Å². The molecule has 0 unspecified atom stereocenters. The van der Waals surface area contributed by atoms with Gasteiger partial charge in [0.2, 0.25) is 0 Å². The van der Waals surface area contributed by atoms with Crippen LogP contribution in [0.4, 0.5) is 0 Å². The molecule has 0 amide bonds. The van der Waals surface area contributed by atoms with Gasteiger partial charge in [0.25, 0.3) is 0 Å². The van der Waals surface area contributed by atoms with Crippen molar-refractivity contribution in [2.75, 3.05) is 13.1 Å². The zero-order valence-electron chi connectivity index (χ0n) is 8.29. The van der Waals surface area contributed by atoms with Crippen LogP contribution in [0.1, 0.15) is 32.1 Å². The molecule has 1 spiro atoms. The lowest BCUT2D eigenvalue weighted by molar-refractivity contribution is -0.143. The van der Waals surface area contributed by atoms with E-state index in [0.29, 0.717) is 5.41 Å². The van der Waals surface area contributed by atoms with Crippen LogP contribution in [0.2, 0.25) is 0 Å². The summed E-state index contributed by atoms with van der Waals surface area (Å²) in [6.07, 6.45) is 5.24. The van der Waals surface area contributed by atoms with E-state index in [0.717, 1.165) is 38.8 Å². The number of aliphatic carboxylic acids is 1. The van der Waals surface area contributed by atoms with E-state index in [9.17, 15) is 4.79 Å². The minimum absolute atomic E-state index is 0. The largest absolute Gasteiger partial charge is 0.481 e. The van der Waals surface area contributed by atoms with Crippen molar-refractivity contribution in [1.82, 2.24) is 5.32 Å². The maximum atomic E-state index is 10.7. The van der Waals surface area contributed by atoms with E-state index in [-0.39, 0.29) is 18.3 Å². The van der Waals surface area contributed by atoms with Crippen LogP contribution >= 0.6 is 12.4 Å². The molecule has 4 heteroatoms. The van der Waals surface area contributed by atoms with Gasteiger partial charge in [-0.05, 0) is 44.1 Å². The van der Waals surface area contributed by atoms with E-state index in [2.05, 4.69) is 5.32 Å². The lowest BCUT2D eigenvalue weighted by atomic mass is 9.70. The van der Waals surface area contributed by atoms with Crippen LogP contribution in [-0.4, -0.2) is 24.2 Å². The highest BCUT2D eigenvalue weighted by molar-refractivity contribution is 5.85. The molecule has 1 saturated heterocycles. The summed E-state index contributed by atoms with van der Waals surface area (Å²) < 4.78 is 0. The number of carboxylic acids is 1. The Morgan fingerprint density at radius 2 is 1.93 bits per heavy atom. The fourth-order valence-electron chi connectivity index (χ4n) is 2.70. The highest BCUT2D eigenvalue weighted by Gasteiger charge is 2.39. The molecule has 1 heterocycles. The molecule has 1 aliphatic carbocycles. The van der Waals surface area contributed by atoms with Crippen molar-refractivity contribution in [2.45, 2.75) is 32.1 Å². The summed E-state index contributed by atoms with van der Waals surface area (Å²) in [5.41, 5.74) is 0.464. The van der Waals surface area contributed by atoms with E-state index in [1.54, 1.807) is 0 Å². The van der Waals surface area contributed by atoms with Gasteiger partial charge in [-0.1, -0.05) is 0 Å². The van der Waals surface area contributed by atoms with E-state index in [1.165, 1.54) is 6.42 Å². The third-order valence-electron chi connectivity index (χ3n) is 3.73. The summed E-state index contributed by atoms with van der Waals surface area (Å²) in [5.74, 6) is -0.660. The maximum Gasteiger partial charge on any atom is 0.306 e. The molecule has 82 valence electrons. The minimum atomic E-state index is -0.596. The zero-order chi connectivity index (χ0) is 9.31. The number of hydrogen-bond acceptors (Lipinski definition) is 2. The Morgan fingerprint density at radius 1 is 1.29 bits per heavy atom. The van der Waals surface area contributed by atoms with Gasteiger partial charge in [-0.2, -0.15) is 0 Å². The fourth-order valence-corrected chi connectivity index (χ4v) is 2.70. The number of carboxylic acid groups (broad SMARTS) is 1. The Hall–Kier alpha value is -0.280. The van der Waals surface area contributed by atoms with Gasteiger partial charge in [-0.15, -0.1) is 12.4 Å². The lowest BCUT2D eigenvalue weighted by Crippen LogP contribution is -2.32. The van der Waals surface area contributed by atoms with Crippen LogP contribution in [0.3, 0.4) is 0 Å². The van der Waals surface area contributed by atoms with Crippen molar-refractivity contribution >= 4 is 18.4 Å². The van der Waals surface area contributed by atoms with E-state index in [1.807, 2.05) is 0 Å². The van der Waals surface area contributed by atoms with Crippen molar-refractivity contribution in [1.29, 1.82) is 0 Å². The number of halogens is 1. The van der Waals surface area contributed by atoms with Gasteiger partial charge < -0.3 is 10.4 Å². The van der Waals surface area contributed by atoms with Gasteiger partial charge in [0, 0.05) is 6.54 Å². The van der Waals surface area contributed by atoms with Crippen molar-refractivity contribution in [2.24, 2.45) is 11.3 Å². The molecular formula is C10H18ClNO2. The predicted molar refractivity (Wildman–Crippen MR) is 56.8 cm³/mol. The molecular weight excluding hydrogens is 202 g/mol. The Morgan fingerprint density at radius 3 is 2.36 bits per heavy atom. The quantitative estimate of drug-likeness (QED) is 0.705. The molecule has 0 aromatic heterocycles. The molecule has 14 heavy (non-hydrogen) atoms. The molecule has 3 nitrogen and oxygen atoms in total. The average Bonchev–Trinajstić information content (AvgIpc) is 2.54. The monoisotopic (exact) mass is 219 g/mol. The van der Waals surface area contributed by atoms with Gasteiger partial charge in [0.15, 0.2) is 0 Å². The Balaban J connectivity index is 0.000000980. The molecule has 0 aromatic carbocycles. The van der Waals surface area contributed by atoms with Crippen LogP contribution in [-0.2, 0) is 4.79 Å². The highest BCUT2D eigenvalue weighted by Crippen LogP contribution is 2.42. The second kappa shape index (κ2) is 4.49. The highest BCUT2D eigenvalue weighted by atomic mass is 35.5. The maximum absolute atomic E-state index is 10.7. The van der Waals surface area contributed by atoms with Crippen LogP contribution in [0.15, 0.2) is 0 Å².